The zero-order valence-electron chi connectivity index (χ0n) is 4.66. The topological polar surface area (TPSA) is 61.7 Å². The van der Waals surface area contributed by atoms with Crippen LogP contribution in [0.25, 0.3) is 0 Å². The van der Waals surface area contributed by atoms with Crippen LogP contribution in [-0.2, 0) is 4.79 Å². The maximum Gasteiger partial charge on any atom is 0.352 e. The van der Waals surface area contributed by atoms with Crippen molar-refractivity contribution in [2.24, 2.45) is 4.99 Å². The minimum absolute atomic E-state index is 0.199. The van der Waals surface area contributed by atoms with Crippen molar-refractivity contribution >= 4 is 12.3 Å². The molecule has 0 unspecified atom stereocenters. The molecule has 9 heavy (non-hydrogen) atoms. The number of carboxylic acid groups (broad SMARTS) is 1. The molecule has 0 bridgehead atoms. The van der Waals surface area contributed by atoms with Crippen LogP contribution in [0.4, 0.5) is 0 Å². The molecule has 0 aromatic heterocycles. The van der Waals surface area contributed by atoms with E-state index in [2.05, 4.69) is 10.3 Å². The number of nitrogens with zero attached hydrogens (tertiary/aromatic N) is 1. The van der Waals surface area contributed by atoms with Crippen LogP contribution in [0.5, 0.6) is 0 Å². The van der Waals surface area contributed by atoms with Crippen molar-refractivity contribution in [3.63, 3.8) is 0 Å². The summed E-state index contributed by atoms with van der Waals surface area (Å²) in [6.45, 7) is 0.453. The zero-order valence-corrected chi connectivity index (χ0v) is 4.66. The van der Waals surface area contributed by atoms with E-state index in [0.29, 0.717) is 6.54 Å². The lowest BCUT2D eigenvalue weighted by Gasteiger charge is -2.03. The van der Waals surface area contributed by atoms with Crippen LogP contribution in [-0.4, -0.2) is 24.0 Å². The quantitative estimate of drug-likeness (QED) is 0.502. The Hall–Kier alpha value is -1.32. The monoisotopic (exact) mass is 126 g/mol. The fraction of sp³-hybridized carbons (Fsp3) is 0.200. The number of rotatable bonds is 1. The van der Waals surface area contributed by atoms with Crippen molar-refractivity contribution in [3.05, 3.63) is 11.8 Å². The van der Waals surface area contributed by atoms with Crippen LogP contribution in [0.3, 0.4) is 0 Å². The minimum atomic E-state index is -0.943. The molecule has 0 radical (unpaired) electrons. The molecule has 1 rings (SSSR count). The number of aliphatic imine (C=N–C) groups is 1. The Labute approximate surface area is 51.9 Å². The predicted molar refractivity (Wildman–Crippen MR) is 32.2 cm³/mol. The van der Waals surface area contributed by atoms with Gasteiger partial charge in [-0.15, -0.1) is 0 Å². The second-order valence-electron chi connectivity index (χ2n) is 1.56. The van der Waals surface area contributed by atoms with E-state index in [1.54, 1.807) is 0 Å². The van der Waals surface area contributed by atoms with E-state index in [-0.39, 0.29) is 5.70 Å². The van der Waals surface area contributed by atoms with Gasteiger partial charge in [0.15, 0.2) is 0 Å². The molecule has 1 aliphatic rings. The summed E-state index contributed by atoms with van der Waals surface area (Å²) in [5.41, 5.74) is 0.199. The first-order valence-corrected chi connectivity index (χ1v) is 2.49. The van der Waals surface area contributed by atoms with E-state index in [4.69, 9.17) is 5.11 Å². The van der Waals surface area contributed by atoms with E-state index >= 15 is 0 Å². The molecule has 0 saturated heterocycles. The summed E-state index contributed by atoms with van der Waals surface area (Å²) in [5.74, 6) is -0.943. The number of hydrogen-bond donors (Lipinski definition) is 2. The second kappa shape index (κ2) is 2.30. The highest BCUT2D eigenvalue weighted by atomic mass is 16.4. The molecule has 0 amide bonds. The van der Waals surface area contributed by atoms with E-state index in [0.717, 1.165) is 0 Å². The third-order valence-electron chi connectivity index (χ3n) is 0.943. The van der Waals surface area contributed by atoms with Crippen molar-refractivity contribution in [3.8, 4) is 0 Å². The standard InChI is InChI=1S/C5H6N2O2/c8-5(9)4-1-2-6-3-7-4/h1,3H,2H2,(H,6,7)(H,8,9). The van der Waals surface area contributed by atoms with Gasteiger partial charge in [-0.1, -0.05) is 0 Å². The second-order valence-corrected chi connectivity index (χ2v) is 1.56. The molecular formula is C5H6N2O2. The fourth-order valence-electron chi connectivity index (χ4n) is 0.520. The summed E-state index contributed by atoms with van der Waals surface area (Å²) >= 11 is 0. The molecule has 0 fully saturated rings. The van der Waals surface area contributed by atoms with Gasteiger partial charge in [-0.2, -0.15) is 0 Å². The molecule has 4 nitrogen and oxygen atoms in total. The average Bonchev–Trinajstić information content (AvgIpc) is 1.90. The third kappa shape index (κ3) is 1.28. The minimum Gasteiger partial charge on any atom is -0.477 e. The van der Waals surface area contributed by atoms with E-state index in [9.17, 15) is 4.79 Å². The van der Waals surface area contributed by atoms with Crippen LogP contribution in [0, 0.1) is 0 Å². The Morgan fingerprint density at radius 3 is 3.00 bits per heavy atom. The summed E-state index contributed by atoms with van der Waals surface area (Å²) in [4.78, 5) is 13.9. The maximum atomic E-state index is 10.2. The molecule has 2 N–H and O–H groups in total. The van der Waals surface area contributed by atoms with Gasteiger partial charge in [-0.3, -0.25) is 4.99 Å². The number of hydrogen-bond acceptors (Lipinski definition) is 3. The van der Waals surface area contributed by atoms with Gasteiger partial charge in [0.1, 0.15) is 5.70 Å². The number of carbonyl (C=O) groups is 1. The van der Waals surface area contributed by atoms with Crippen LogP contribution in [0.15, 0.2) is 16.8 Å². The maximum absolute atomic E-state index is 10.2. The van der Waals surface area contributed by atoms with Crippen molar-refractivity contribution in [1.29, 1.82) is 0 Å². The average molecular weight is 126 g/mol. The number of carboxylic acids is 1. The molecule has 0 aromatic rings. The van der Waals surface area contributed by atoms with Gasteiger partial charge in [-0.05, 0) is 6.08 Å². The molecular weight excluding hydrogens is 120 g/mol. The smallest absolute Gasteiger partial charge is 0.352 e. The van der Waals surface area contributed by atoms with Gasteiger partial charge in [0.2, 0.25) is 0 Å². The number of nitrogens with one attached hydrogen (secondary N) is 1. The van der Waals surface area contributed by atoms with Gasteiger partial charge >= 0.3 is 5.97 Å². The first kappa shape index (κ1) is 5.81. The first-order valence-electron chi connectivity index (χ1n) is 2.49. The zero-order chi connectivity index (χ0) is 6.69. The van der Waals surface area contributed by atoms with Gasteiger partial charge in [0.05, 0.1) is 12.9 Å². The number of aliphatic carboxylic acids is 1. The Balaban J connectivity index is 2.61. The van der Waals surface area contributed by atoms with Crippen LogP contribution >= 0.6 is 0 Å². The first-order chi connectivity index (χ1) is 4.30. The Bertz CT molecular complexity index is 183. The lowest BCUT2D eigenvalue weighted by molar-refractivity contribution is -0.132. The van der Waals surface area contributed by atoms with E-state index < -0.39 is 5.97 Å². The van der Waals surface area contributed by atoms with Crippen molar-refractivity contribution in [1.82, 2.24) is 5.32 Å². The molecule has 4 heteroatoms. The van der Waals surface area contributed by atoms with Gasteiger partial charge < -0.3 is 10.4 Å². The van der Waals surface area contributed by atoms with E-state index in [1.165, 1.54) is 12.4 Å². The van der Waals surface area contributed by atoms with Gasteiger partial charge in [0.25, 0.3) is 0 Å². The van der Waals surface area contributed by atoms with Crippen molar-refractivity contribution in [2.45, 2.75) is 0 Å². The predicted octanol–water partition coefficient (Wildman–Crippen LogP) is -0.414. The molecule has 0 aromatic carbocycles. The highest BCUT2D eigenvalue weighted by molar-refractivity contribution is 5.89. The summed E-state index contributed by atoms with van der Waals surface area (Å²) in [6.07, 6.45) is 2.89. The Morgan fingerprint density at radius 2 is 2.67 bits per heavy atom. The largest absolute Gasteiger partial charge is 0.477 e. The lowest BCUT2D eigenvalue weighted by atomic mass is 10.4. The van der Waals surface area contributed by atoms with Crippen LogP contribution < -0.4 is 5.32 Å². The SMILES string of the molecule is O=C(O)C1=CCN=CN1. The molecule has 0 aliphatic carbocycles. The normalized spacial score (nSPS) is 16.2. The molecule has 1 aliphatic heterocycles. The summed E-state index contributed by atoms with van der Waals surface area (Å²) in [7, 11) is 0. The molecule has 0 atom stereocenters. The van der Waals surface area contributed by atoms with Crippen LogP contribution in [0.2, 0.25) is 0 Å². The van der Waals surface area contributed by atoms with Gasteiger partial charge in [0, 0.05) is 0 Å². The fourth-order valence-corrected chi connectivity index (χ4v) is 0.520. The van der Waals surface area contributed by atoms with E-state index in [1.807, 2.05) is 0 Å². The van der Waals surface area contributed by atoms with Crippen molar-refractivity contribution in [2.75, 3.05) is 6.54 Å². The molecule has 0 spiro atoms. The highest BCUT2D eigenvalue weighted by Crippen LogP contribution is 1.91. The highest BCUT2D eigenvalue weighted by Gasteiger charge is 2.05. The lowest BCUT2D eigenvalue weighted by Crippen LogP contribution is -2.21. The molecule has 0 saturated carbocycles. The van der Waals surface area contributed by atoms with Crippen molar-refractivity contribution < 1.29 is 9.90 Å². The molecule has 48 valence electrons. The van der Waals surface area contributed by atoms with Gasteiger partial charge in [-0.25, -0.2) is 4.79 Å². The summed E-state index contributed by atoms with van der Waals surface area (Å²) in [6, 6.07) is 0. The third-order valence-corrected chi connectivity index (χ3v) is 0.943. The summed E-state index contributed by atoms with van der Waals surface area (Å²) < 4.78 is 0. The summed E-state index contributed by atoms with van der Waals surface area (Å²) in [5, 5.41) is 10.8. The van der Waals surface area contributed by atoms with Crippen LogP contribution in [0.1, 0.15) is 0 Å². The Morgan fingerprint density at radius 1 is 1.89 bits per heavy atom. The molecule has 1 heterocycles. The Kier molecular flexibility index (Phi) is 1.48.